The van der Waals surface area contributed by atoms with Gasteiger partial charge < -0.3 is 5.32 Å². The molecule has 1 fully saturated rings. The fourth-order valence-electron chi connectivity index (χ4n) is 4.07. The average Bonchev–Trinajstić information content (AvgIpc) is 3.06. The smallest absolute Gasteiger partial charge is 0.278 e. The fraction of sp³-hybridized carbons (Fsp3) is 0.571. The molecule has 1 aliphatic heterocycles. The summed E-state index contributed by atoms with van der Waals surface area (Å²) in [6.45, 7) is 1.48. The SMILES string of the molecule is CN(C)S(=O)(=O)NCC1CCC(CNc2nc3c(s2)CCSc2ccccc2-3)CC1. The first-order chi connectivity index (χ1) is 14.4. The lowest BCUT2D eigenvalue weighted by atomic mass is 9.82. The van der Waals surface area contributed by atoms with E-state index in [-0.39, 0.29) is 0 Å². The van der Waals surface area contributed by atoms with Crippen molar-refractivity contribution in [1.29, 1.82) is 0 Å². The zero-order chi connectivity index (χ0) is 21.1. The normalized spacial score (nSPS) is 21.7. The van der Waals surface area contributed by atoms with Crippen molar-refractivity contribution in [3.05, 3.63) is 29.1 Å². The number of thioether (sulfide) groups is 1. The van der Waals surface area contributed by atoms with Crippen LogP contribution in [0.4, 0.5) is 5.13 Å². The molecule has 0 unspecified atom stereocenters. The van der Waals surface area contributed by atoms with E-state index >= 15 is 0 Å². The molecule has 0 atom stereocenters. The van der Waals surface area contributed by atoms with Gasteiger partial charge in [-0.1, -0.05) is 18.2 Å². The highest BCUT2D eigenvalue weighted by molar-refractivity contribution is 7.99. The summed E-state index contributed by atoms with van der Waals surface area (Å²) in [6.07, 6.45) is 5.47. The zero-order valence-electron chi connectivity index (χ0n) is 17.6. The summed E-state index contributed by atoms with van der Waals surface area (Å²) in [7, 11) is -0.208. The molecule has 164 valence electrons. The van der Waals surface area contributed by atoms with Gasteiger partial charge in [0.25, 0.3) is 10.2 Å². The molecule has 2 aliphatic rings. The van der Waals surface area contributed by atoms with Crippen LogP contribution in [0.15, 0.2) is 29.2 Å². The zero-order valence-corrected chi connectivity index (χ0v) is 20.0. The van der Waals surface area contributed by atoms with Gasteiger partial charge in [0.1, 0.15) is 0 Å². The molecule has 4 rings (SSSR count). The Kier molecular flexibility index (Phi) is 7.04. The van der Waals surface area contributed by atoms with Gasteiger partial charge in [0.05, 0.1) is 5.69 Å². The van der Waals surface area contributed by atoms with Crippen LogP contribution in [-0.2, 0) is 16.6 Å². The van der Waals surface area contributed by atoms with E-state index in [2.05, 4.69) is 34.3 Å². The second kappa shape index (κ2) is 9.56. The number of nitrogens with zero attached hydrogens (tertiary/aromatic N) is 2. The second-order valence-electron chi connectivity index (χ2n) is 8.29. The molecule has 0 amide bonds. The Morgan fingerprint density at radius 3 is 2.53 bits per heavy atom. The summed E-state index contributed by atoms with van der Waals surface area (Å²) in [5.41, 5.74) is 2.42. The minimum absolute atomic E-state index is 0.431. The van der Waals surface area contributed by atoms with Crippen LogP contribution in [0.5, 0.6) is 0 Å². The third kappa shape index (κ3) is 5.19. The molecule has 0 saturated heterocycles. The summed E-state index contributed by atoms with van der Waals surface area (Å²) < 4.78 is 27.7. The number of aromatic nitrogens is 1. The predicted molar refractivity (Wildman–Crippen MR) is 127 cm³/mol. The van der Waals surface area contributed by atoms with Crippen LogP contribution < -0.4 is 10.0 Å². The Labute approximate surface area is 188 Å². The largest absolute Gasteiger partial charge is 0.361 e. The summed E-state index contributed by atoms with van der Waals surface area (Å²) in [4.78, 5) is 7.65. The van der Waals surface area contributed by atoms with Crippen molar-refractivity contribution >= 4 is 38.4 Å². The van der Waals surface area contributed by atoms with E-state index in [9.17, 15) is 8.42 Å². The lowest BCUT2D eigenvalue weighted by molar-refractivity contribution is 0.283. The fourth-order valence-corrected chi connectivity index (χ4v) is 6.91. The highest BCUT2D eigenvalue weighted by Gasteiger charge is 2.24. The molecule has 1 aromatic heterocycles. The maximum Gasteiger partial charge on any atom is 0.278 e. The number of fused-ring (bicyclic) bond motifs is 3. The molecule has 1 aromatic carbocycles. The van der Waals surface area contributed by atoms with Gasteiger partial charge in [0.2, 0.25) is 0 Å². The molecule has 2 aromatic rings. The number of thiazole rings is 1. The Balaban J connectivity index is 1.28. The minimum Gasteiger partial charge on any atom is -0.361 e. The van der Waals surface area contributed by atoms with Crippen LogP contribution in [0.2, 0.25) is 0 Å². The standard InChI is InChI=1S/C21H30N4O2S3/c1-25(2)30(26,27)23-14-16-9-7-15(8-10-16)13-22-21-24-20-17-5-3-4-6-18(17)28-12-11-19(20)29-21/h3-6,15-16,23H,7-14H2,1-2H3,(H,22,24). The molecule has 0 radical (unpaired) electrons. The Bertz CT molecular complexity index is 966. The van der Waals surface area contributed by atoms with Crippen molar-refractivity contribution in [2.24, 2.45) is 11.8 Å². The Morgan fingerprint density at radius 1 is 1.10 bits per heavy atom. The van der Waals surface area contributed by atoms with Crippen molar-refractivity contribution in [3.63, 3.8) is 0 Å². The van der Waals surface area contributed by atoms with E-state index in [1.807, 2.05) is 11.8 Å². The topological polar surface area (TPSA) is 74.3 Å². The first kappa shape index (κ1) is 22.1. The number of hydrogen-bond acceptors (Lipinski definition) is 6. The molecular weight excluding hydrogens is 436 g/mol. The van der Waals surface area contributed by atoms with Gasteiger partial charge in [-0.15, -0.1) is 23.1 Å². The van der Waals surface area contributed by atoms with Crippen molar-refractivity contribution in [2.45, 2.75) is 37.0 Å². The van der Waals surface area contributed by atoms with E-state index in [4.69, 9.17) is 4.98 Å². The van der Waals surface area contributed by atoms with Gasteiger partial charge in [-0.2, -0.15) is 12.7 Å². The monoisotopic (exact) mass is 466 g/mol. The Morgan fingerprint density at radius 2 is 1.80 bits per heavy atom. The van der Waals surface area contributed by atoms with E-state index in [0.29, 0.717) is 18.4 Å². The summed E-state index contributed by atoms with van der Waals surface area (Å²) >= 11 is 3.72. The number of hydrogen-bond donors (Lipinski definition) is 2. The first-order valence-corrected chi connectivity index (χ1v) is 13.8. The minimum atomic E-state index is -3.32. The molecule has 9 heteroatoms. The first-order valence-electron chi connectivity index (χ1n) is 10.6. The van der Waals surface area contributed by atoms with E-state index in [1.54, 1.807) is 25.4 Å². The predicted octanol–water partition coefficient (Wildman–Crippen LogP) is 4.07. The summed E-state index contributed by atoms with van der Waals surface area (Å²) in [6, 6.07) is 8.57. The third-order valence-electron chi connectivity index (χ3n) is 5.97. The second-order valence-corrected chi connectivity index (χ2v) is 12.5. The van der Waals surface area contributed by atoms with Crippen molar-refractivity contribution < 1.29 is 8.42 Å². The molecule has 1 saturated carbocycles. The van der Waals surface area contributed by atoms with E-state index in [0.717, 1.165) is 55.2 Å². The number of rotatable bonds is 7. The maximum absolute atomic E-state index is 11.9. The van der Waals surface area contributed by atoms with Crippen LogP contribution in [0.1, 0.15) is 30.6 Å². The van der Waals surface area contributed by atoms with Gasteiger partial charge in [-0.25, -0.2) is 9.71 Å². The molecule has 2 N–H and O–H groups in total. The van der Waals surface area contributed by atoms with Crippen LogP contribution in [0.3, 0.4) is 0 Å². The number of anilines is 1. The Hall–Kier alpha value is -1.13. The number of nitrogens with one attached hydrogen (secondary N) is 2. The molecule has 0 spiro atoms. The van der Waals surface area contributed by atoms with Crippen LogP contribution in [0, 0.1) is 11.8 Å². The molecular formula is C21H30N4O2S3. The highest BCUT2D eigenvalue weighted by Crippen LogP contribution is 2.40. The summed E-state index contributed by atoms with van der Waals surface area (Å²) in [5.74, 6) is 2.16. The quantitative estimate of drug-likeness (QED) is 0.643. The molecule has 1 aliphatic carbocycles. The molecule has 30 heavy (non-hydrogen) atoms. The van der Waals surface area contributed by atoms with Crippen LogP contribution >= 0.6 is 23.1 Å². The molecule has 2 heterocycles. The lowest BCUT2D eigenvalue weighted by Crippen LogP contribution is -2.39. The highest BCUT2D eigenvalue weighted by atomic mass is 32.2. The van der Waals surface area contributed by atoms with Gasteiger partial charge in [0.15, 0.2) is 5.13 Å². The van der Waals surface area contributed by atoms with Crippen molar-refractivity contribution in [1.82, 2.24) is 14.0 Å². The maximum atomic E-state index is 11.9. The van der Waals surface area contributed by atoms with Crippen molar-refractivity contribution in [3.8, 4) is 11.3 Å². The van der Waals surface area contributed by atoms with Gasteiger partial charge in [-0.3, -0.25) is 0 Å². The van der Waals surface area contributed by atoms with Crippen LogP contribution in [-0.4, -0.2) is 50.6 Å². The summed E-state index contributed by atoms with van der Waals surface area (Å²) in [5, 5.41) is 4.62. The molecule has 6 nitrogen and oxygen atoms in total. The molecule has 0 bridgehead atoms. The van der Waals surface area contributed by atoms with Gasteiger partial charge in [0, 0.05) is 48.3 Å². The van der Waals surface area contributed by atoms with Crippen molar-refractivity contribution in [2.75, 3.05) is 38.3 Å². The third-order valence-corrected chi connectivity index (χ3v) is 9.61. The average molecular weight is 467 g/mol. The number of aryl methyl sites for hydroxylation is 1. The van der Waals surface area contributed by atoms with Gasteiger partial charge >= 0.3 is 0 Å². The van der Waals surface area contributed by atoms with Gasteiger partial charge in [-0.05, 0) is 50.0 Å². The lowest BCUT2D eigenvalue weighted by Gasteiger charge is -2.29. The number of benzene rings is 1. The van der Waals surface area contributed by atoms with E-state index in [1.165, 1.54) is 19.6 Å². The van der Waals surface area contributed by atoms with E-state index < -0.39 is 10.2 Å². The van der Waals surface area contributed by atoms with Crippen LogP contribution in [0.25, 0.3) is 11.3 Å².